The van der Waals surface area contributed by atoms with Crippen LogP contribution in [0.2, 0.25) is 0 Å². The zero-order valence-electron chi connectivity index (χ0n) is 11.8. The van der Waals surface area contributed by atoms with Gasteiger partial charge in [-0.05, 0) is 12.8 Å². The second-order valence-electron chi connectivity index (χ2n) is 4.63. The van der Waals surface area contributed by atoms with Crippen molar-refractivity contribution >= 4 is 21.2 Å². The average Bonchev–Trinajstić information content (AvgIpc) is 2.34. The van der Waals surface area contributed by atoms with Crippen molar-refractivity contribution in [2.45, 2.75) is 19.8 Å². The monoisotopic (exact) mass is 304 g/mol. The Labute approximate surface area is 119 Å². The number of nitrogen functional groups attached to an aromatic ring is 1. The van der Waals surface area contributed by atoms with Crippen molar-refractivity contribution in [1.82, 2.24) is 0 Å². The summed E-state index contributed by atoms with van der Waals surface area (Å²) in [6.45, 7) is 2.80. The molecule has 0 unspecified atom stereocenters. The largest absolute Gasteiger partial charge is 0.490 e. The molecule has 0 saturated heterocycles. The van der Waals surface area contributed by atoms with Gasteiger partial charge in [0, 0.05) is 24.9 Å². The maximum atomic E-state index is 13.6. The molecule has 0 saturated carbocycles. The molecule has 0 aliphatic rings. The molecule has 1 aromatic carbocycles. The fraction of sp³-hybridized carbons (Fsp3) is 0.538. The first-order valence-electron chi connectivity index (χ1n) is 6.47. The van der Waals surface area contributed by atoms with Gasteiger partial charge in [-0.1, -0.05) is 6.92 Å². The number of hydrogen-bond acceptors (Lipinski definition) is 5. The molecule has 0 amide bonds. The van der Waals surface area contributed by atoms with Gasteiger partial charge in [0.05, 0.1) is 23.7 Å². The minimum atomic E-state index is -2.97. The Balaban J connectivity index is 2.64. The Morgan fingerprint density at radius 1 is 1.40 bits per heavy atom. The highest BCUT2D eigenvalue weighted by atomic mass is 32.2. The fourth-order valence-electron chi connectivity index (χ4n) is 1.60. The SMILES string of the molecule is CCCOc1cc(NCCCS(C)(=O)=O)c(N)cc1F. The zero-order chi connectivity index (χ0) is 15.2. The Bertz CT molecular complexity index is 547. The van der Waals surface area contributed by atoms with Crippen molar-refractivity contribution in [1.29, 1.82) is 0 Å². The molecule has 0 aliphatic heterocycles. The van der Waals surface area contributed by atoms with E-state index in [0.29, 0.717) is 25.3 Å². The van der Waals surface area contributed by atoms with Gasteiger partial charge in [0.1, 0.15) is 9.84 Å². The van der Waals surface area contributed by atoms with Crippen LogP contribution in [0.25, 0.3) is 0 Å². The quantitative estimate of drug-likeness (QED) is 0.567. The van der Waals surface area contributed by atoms with Crippen LogP contribution < -0.4 is 15.8 Å². The molecule has 0 atom stereocenters. The summed E-state index contributed by atoms with van der Waals surface area (Å²) in [5.74, 6) is -0.260. The third kappa shape index (κ3) is 5.64. The van der Waals surface area contributed by atoms with E-state index in [9.17, 15) is 12.8 Å². The van der Waals surface area contributed by atoms with Crippen LogP contribution in [0.4, 0.5) is 15.8 Å². The molecule has 0 aliphatic carbocycles. The molecule has 0 radical (unpaired) electrons. The van der Waals surface area contributed by atoms with Crippen LogP contribution in [0.3, 0.4) is 0 Å². The van der Waals surface area contributed by atoms with Gasteiger partial charge >= 0.3 is 0 Å². The molecule has 0 spiro atoms. The Morgan fingerprint density at radius 2 is 2.10 bits per heavy atom. The number of nitrogens with two attached hydrogens (primary N) is 1. The molecule has 3 N–H and O–H groups in total. The highest BCUT2D eigenvalue weighted by Crippen LogP contribution is 2.28. The second kappa shape index (κ2) is 7.33. The third-order valence-corrected chi connectivity index (χ3v) is 3.60. The van der Waals surface area contributed by atoms with E-state index in [2.05, 4.69) is 5.32 Å². The Morgan fingerprint density at radius 3 is 2.70 bits per heavy atom. The first-order valence-corrected chi connectivity index (χ1v) is 8.53. The van der Waals surface area contributed by atoms with Gasteiger partial charge in [0.2, 0.25) is 0 Å². The molecule has 0 heterocycles. The zero-order valence-corrected chi connectivity index (χ0v) is 12.6. The van der Waals surface area contributed by atoms with Crippen molar-refractivity contribution in [2.75, 3.05) is 36.2 Å². The summed E-state index contributed by atoms with van der Waals surface area (Å²) in [6, 6.07) is 2.70. The summed E-state index contributed by atoms with van der Waals surface area (Å²) in [5.41, 5.74) is 6.53. The normalized spacial score (nSPS) is 11.3. The van der Waals surface area contributed by atoms with Crippen LogP contribution in [0, 0.1) is 5.82 Å². The molecule has 20 heavy (non-hydrogen) atoms. The van der Waals surface area contributed by atoms with Crippen LogP contribution in [0.5, 0.6) is 5.75 Å². The predicted molar refractivity (Wildman–Crippen MR) is 79.4 cm³/mol. The topological polar surface area (TPSA) is 81.4 Å². The van der Waals surface area contributed by atoms with Gasteiger partial charge in [-0.25, -0.2) is 12.8 Å². The number of benzene rings is 1. The molecular formula is C13H21FN2O3S. The lowest BCUT2D eigenvalue weighted by atomic mass is 10.2. The highest BCUT2D eigenvalue weighted by Gasteiger charge is 2.09. The van der Waals surface area contributed by atoms with Gasteiger partial charge in [0.15, 0.2) is 11.6 Å². The van der Waals surface area contributed by atoms with Gasteiger partial charge < -0.3 is 15.8 Å². The van der Waals surface area contributed by atoms with Crippen LogP contribution in [0.1, 0.15) is 19.8 Å². The van der Waals surface area contributed by atoms with Crippen LogP contribution in [-0.4, -0.2) is 33.6 Å². The fourth-order valence-corrected chi connectivity index (χ4v) is 2.27. The third-order valence-electron chi connectivity index (χ3n) is 2.57. The van der Waals surface area contributed by atoms with E-state index in [4.69, 9.17) is 10.5 Å². The smallest absolute Gasteiger partial charge is 0.167 e. The number of anilines is 2. The van der Waals surface area contributed by atoms with E-state index >= 15 is 0 Å². The van der Waals surface area contributed by atoms with Crippen molar-refractivity contribution in [3.63, 3.8) is 0 Å². The first-order chi connectivity index (χ1) is 9.33. The number of hydrogen-bond donors (Lipinski definition) is 2. The highest BCUT2D eigenvalue weighted by molar-refractivity contribution is 7.90. The molecule has 0 aromatic heterocycles. The molecule has 1 aromatic rings. The lowest BCUT2D eigenvalue weighted by Crippen LogP contribution is -2.11. The summed E-state index contributed by atoms with van der Waals surface area (Å²) >= 11 is 0. The van der Waals surface area contributed by atoms with Crippen molar-refractivity contribution in [3.05, 3.63) is 17.9 Å². The molecule has 0 fully saturated rings. The Kier molecular flexibility index (Phi) is 6.06. The van der Waals surface area contributed by atoms with E-state index in [0.717, 1.165) is 6.42 Å². The minimum Gasteiger partial charge on any atom is -0.490 e. The first kappa shape index (κ1) is 16.6. The number of sulfone groups is 1. The van der Waals surface area contributed by atoms with Gasteiger partial charge in [-0.15, -0.1) is 0 Å². The van der Waals surface area contributed by atoms with Crippen molar-refractivity contribution in [3.8, 4) is 5.75 Å². The van der Waals surface area contributed by atoms with Gasteiger partial charge in [-0.2, -0.15) is 0 Å². The van der Waals surface area contributed by atoms with E-state index in [1.807, 2.05) is 6.92 Å². The van der Waals surface area contributed by atoms with Crippen LogP contribution in [-0.2, 0) is 9.84 Å². The van der Waals surface area contributed by atoms with Gasteiger partial charge in [0.25, 0.3) is 0 Å². The summed E-state index contributed by atoms with van der Waals surface area (Å²) in [6.07, 6.45) is 2.43. The number of ether oxygens (including phenoxy) is 1. The number of rotatable bonds is 8. The molecule has 1 rings (SSSR count). The van der Waals surface area contributed by atoms with E-state index in [-0.39, 0.29) is 17.2 Å². The summed E-state index contributed by atoms with van der Waals surface area (Å²) in [4.78, 5) is 0. The van der Waals surface area contributed by atoms with Crippen molar-refractivity contribution < 1.29 is 17.5 Å². The summed E-state index contributed by atoms with van der Waals surface area (Å²) in [5, 5.41) is 2.99. The van der Waals surface area contributed by atoms with E-state index in [1.165, 1.54) is 18.4 Å². The predicted octanol–water partition coefficient (Wildman–Crippen LogP) is 2.04. The molecule has 114 valence electrons. The molecule has 7 heteroatoms. The number of halogens is 1. The summed E-state index contributed by atoms with van der Waals surface area (Å²) < 4.78 is 40.9. The van der Waals surface area contributed by atoms with E-state index in [1.54, 1.807) is 0 Å². The number of nitrogens with one attached hydrogen (secondary N) is 1. The maximum absolute atomic E-state index is 13.6. The molecular weight excluding hydrogens is 283 g/mol. The summed E-state index contributed by atoms with van der Waals surface area (Å²) in [7, 11) is -2.97. The van der Waals surface area contributed by atoms with Crippen molar-refractivity contribution in [2.24, 2.45) is 0 Å². The van der Waals surface area contributed by atoms with Gasteiger partial charge in [-0.3, -0.25) is 0 Å². The standard InChI is InChI=1S/C13H21FN2O3S/c1-3-6-19-13-9-12(11(15)8-10(13)14)16-5-4-7-20(2,17)18/h8-9,16H,3-7,15H2,1-2H3. The van der Waals surface area contributed by atoms with Crippen LogP contribution in [0.15, 0.2) is 12.1 Å². The maximum Gasteiger partial charge on any atom is 0.167 e. The second-order valence-corrected chi connectivity index (χ2v) is 6.89. The van der Waals surface area contributed by atoms with Crippen LogP contribution >= 0.6 is 0 Å². The Hall–Kier alpha value is -1.50. The molecule has 5 nitrogen and oxygen atoms in total. The average molecular weight is 304 g/mol. The molecule has 0 bridgehead atoms. The van der Waals surface area contributed by atoms with E-state index < -0.39 is 15.7 Å². The lowest BCUT2D eigenvalue weighted by molar-refractivity contribution is 0.301. The minimum absolute atomic E-state index is 0.0975. The lowest BCUT2D eigenvalue weighted by Gasteiger charge is -2.12.